The number of carbonyl (C=O) groups is 2. The fourth-order valence-corrected chi connectivity index (χ4v) is 0.788. The summed E-state index contributed by atoms with van der Waals surface area (Å²) in [5, 5.41) is 0. The highest BCUT2D eigenvalue weighted by Crippen LogP contribution is 2.13. The summed E-state index contributed by atoms with van der Waals surface area (Å²) < 4.78 is 4.20. The van der Waals surface area contributed by atoms with Crippen LogP contribution in [-0.2, 0) is 4.74 Å². The molecule has 0 spiro atoms. The number of cyclic esters (lactones) is 2. The molecule has 2 heterocycles. The van der Waals surface area contributed by atoms with Crippen molar-refractivity contribution in [3.8, 4) is 0 Å². The molecule has 0 aromatic carbocycles. The van der Waals surface area contributed by atoms with E-state index in [0.717, 1.165) is 0 Å². The Hall–Kier alpha value is -1.65. The Morgan fingerprint density at radius 3 is 2.90 bits per heavy atom. The molecular weight excluding hydrogens is 136 g/mol. The molecule has 10 heavy (non-hydrogen) atoms. The van der Waals surface area contributed by atoms with Crippen molar-refractivity contribution in [1.29, 1.82) is 0 Å². The molecule has 0 bridgehead atoms. The van der Waals surface area contributed by atoms with E-state index in [1.165, 1.54) is 6.33 Å². The van der Waals surface area contributed by atoms with Gasteiger partial charge < -0.3 is 9.72 Å². The van der Waals surface area contributed by atoms with Crippen molar-refractivity contribution in [1.82, 2.24) is 9.97 Å². The van der Waals surface area contributed by atoms with Gasteiger partial charge in [-0.1, -0.05) is 0 Å². The second-order valence-corrected chi connectivity index (χ2v) is 1.80. The molecule has 0 aliphatic carbocycles. The number of fused-ring (bicyclic) bond motifs is 1. The zero-order valence-corrected chi connectivity index (χ0v) is 4.75. The Balaban J connectivity index is 2.69. The van der Waals surface area contributed by atoms with E-state index < -0.39 is 11.9 Å². The Kier molecular flexibility index (Phi) is 0.743. The summed E-state index contributed by atoms with van der Waals surface area (Å²) in [6.45, 7) is 0. The number of esters is 2. The van der Waals surface area contributed by atoms with Gasteiger partial charge in [-0.25, -0.2) is 14.6 Å². The van der Waals surface area contributed by atoms with E-state index in [0.29, 0.717) is 0 Å². The van der Waals surface area contributed by atoms with E-state index in [9.17, 15) is 9.59 Å². The van der Waals surface area contributed by atoms with Gasteiger partial charge in [-0.05, 0) is 0 Å². The molecule has 0 unspecified atom stereocenters. The monoisotopic (exact) mass is 138 g/mol. The lowest BCUT2D eigenvalue weighted by Crippen LogP contribution is -1.99. The van der Waals surface area contributed by atoms with Crippen LogP contribution in [0.4, 0.5) is 0 Å². The van der Waals surface area contributed by atoms with E-state index >= 15 is 0 Å². The molecule has 50 valence electrons. The van der Waals surface area contributed by atoms with Crippen LogP contribution >= 0.6 is 0 Å². The van der Waals surface area contributed by atoms with E-state index in [2.05, 4.69) is 14.7 Å². The fourth-order valence-electron chi connectivity index (χ4n) is 0.788. The van der Waals surface area contributed by atoms with E-state index in [4.69, 9.17) is 0 Å². The number of aromatic amines is 1. The zero-order valence-electron chi connectivity index (χ0n) is 4.75. The van der Waals surface area contributed by atoms with Crippen molar-refractivity contribution >= 4 is 11.9 Å². The predicted octanol–water partition coefficient (Wildman–Crippen LogP) is -0.280. The van der Waals surface area contributed by atoms with Crippen LogP contribution in [0.25, 0.3) is 0 Å². The lowest BCUT2D eigenvalue weighted by Gasteiger charge is -1.83. The van der Waals surface area contributed by atoms with Crippen LogP contribution in [0.15, 0.2) is 6.33 Å². The third-order valence-electron chi connectivity index (χ3n) is 1.22. The summed E-state index contributed by atoms with van der Waals surface area (Å²) in [6, 6.07) is 0. The van der Waals surface area contributed by atoms with Gasteiger partial charge in [-0.3, -0.25) is 0 Å². The number of hydrogen-bond acceptors (Lipinski definition) is 4. The van der Waals surface area contributed by atoms with Gasteiger partial charge in [0.05, 0.1) is 6.33 Å². The predicted molar refractivity (Wildman–Crippen MR) is 28.3 cm³/mol. The van der Waals surface area contributed by atoms with Crippen molar-refractivity contribution in [2.45, 2.75) is 0 Å². The lowest BCUT2D eigenvalue weighted by atomic mass is 10.4. The van der Waals surface area contributed by atoms with Crippen molar-refractivity contribution < 1.29 is 14.3 Å². The van der Waals surface area contributed by atoms with Crippen LogP contribution in [-0.4, -0.2) is 21.9 Å². The largest absolute Gasteiger partial charge is 0.383 e. The number of ether oxygens (including phenoxy) is 1. The van der Waals surface area contributed by atoms with Gasteiger partial charge in [0.15, 0.2) is 11.4 Å². The second kappa shape index (κ2) is 1.44. The standard InChI is InChI=1S/C5H2N2O3/c8-4-2-3(5(9)10-4)7-1-6-2/h1H,(H,6,7). The highest BCUT2D eigenvalue weighted by Gasteiger charge is 2.32. The number of carbonyl (C=O) groups excluding carboxylic acids is 2. The van der Waals surface area contributed by atoms with Crippen LogP contribution in [0, 0.1) is 0 Å². The summed E-state index contributed by atoms with van der Waals surface area (Å²) in [5.41, 5.74) is 0.218. The highest BCUT2D eigenvalue weighted by molar-refractivity contribution is 6.12. The highest BCUT2D eigenvalue weighted by atomic mass is 16.6. The first-order chi connectivity index (χ1) is 4.79. The van der Waals surface area contributed by atoms with Gasteiger partial charge in [0.1, 0.15) is 0 Å². The molecule has 0 amide bonds. The molecule has 1 N–H and O–H groups in total. The number of imidazole rings is 1. The first kappa shape index (κ1) is 5.16. The minimum Gasteiger partial charge on any atom is -0.383 e. The van der Waals surface area contributed by atoms with Gasteiger partial charge in [-0.15, -0.1) is 0 Å². The third kappa shape index (κ3) is 0.439. The van der Waals surface area contributed by atoms with Crippen LogP contribution in [0.5, 0.6) is 0 Å². The average molecular weight is 138 g/mol. The van der Waals surface area contributed by atoms with Crippen LogP contribution < -0.4 is 0 Å². The number of nitrogens with one attached hydrogen (secondary N) is 1. The number of aromatic nitrogens is 2. The summed E-state index contributed by atoms with van der Waals surface area (Å²) in [4.78, 5) is 27.3. The molecule has 1 aliphatic heterocycles. The quantitative estimate of drug-likeness (QED) is 0.395. The third-order valence-corrected chi connectivity index (χ3v) is 1.22. The fraction of sp³-hybridized carbons (Fsp3) is 0. The molecule has 2 rings (SSSR count). The number of H-pyrrole nitrogens is 1. The van der Waals surface area contributed by atoms with Crippen LogP contribution in [0.2, 0.25) is 0 Å². The van der Waals surface area contributed by atoms with Crippen molar-refractivity contribution in [2.75, 3.05) is 0 Å². The molecule has 0 radical (unpaired) electrons. The Labute approximate surface area is 55.0 Å². The number of nitrogens with zero attached hydrogens (tertiary/aromatic N) is 1. The van der Waals surface area contributed by atoms with E-state index in [1.807, 2.05) is 0 Å². The Morgan fingerprint density at radius 1 is 1.40 bits per heavy atom. The molecule has 0 atom stereocenters. The van der Waals surface area contributed by atoms with Gasteiger partial charge in [-0.2, -0.15) is 0 Å². The maximum atomic E-state index is 10.6. The topological polar surface area (TPSA) is 72.1 Å². The summed E-state index contributed by atoms with van der Waals surface area (Å²) >= 11 is 0. The second-order valence-electron chi connectivity index (χ2n) is 1.80. The maximum Gasteiger partial charge on any atom is 0.367 e. The van der Waals surface area contributed by atoms with E-state index in [1.54, 1.807) is 0 Å². The molecule has 1 aliphatic rings. The molecule has 0 saturated carbocycles. The summed E-state index contributed by atoms with van der Waals surface area (Å²) in [7, 11) is 0. The van der Waals surface area contributed by atoms with Gasteiger partial charge in [0.25, 0.3) is 0 Å². The summed E-state index contributed by atoms with van der Waals surface area (Å²) in [5.74, 6) is -1.33. The van der Waals surface area contributed by atoms with Crippen molar-refractivity contribution in [2.24, 2.45) is 0 Å². The minimum absolute atomic E-state index is 0.0741. The first-order valence-electron chi connectivity index (χ1n) is 2.59. The maximum absolute atomic E-state index is 10.6. The lowest BCUT2D eigenvalue weighted by molar-refractivity contribution is 0.0438. The number of hydrogen-bond donors (Lipinski definition) is 1. The van der Waals surface area contributed by atoms with Gasteiger partial charge in [0, 0.05) is 0 Å². The zero-order chi connectivity index (χ0) is 7.14. The number of rotatable bonds is 0. The first-order valence-corrected chi connectivity index (χ1v) is 2.59. The SMILES string of the molecule is O=C1OC(=O)c2[nH]cnc21. The minimum atomic E-state index is -0.679. The molecular formula is C5H2N2O3. The van der Waals surface area contributed by atoms with Crippen molar-refractivity contribution in [3.05, 3.63) is 17.7 Å². The molecule has 1 aromatic rings. The smallest absolute Gasteiger partial charge is 0.367 e. The molecule has 5 heteroatoms. The van der Waals surface area contributed by atoms with Crippen LogP contribution in [0.3, 0.4) is 0 Å². The van der Waals surface area contributed by atoms with Crippen LogP contribution in [0.1, 0.15) is 21.0 Å². The van der Waals surface area contributed by atoms with Crippen molar-refractivity contribution in [3.63, 3.8) is 0 Å². The normalized spacial score (nSPS) is 15.2. The van der Waals surface area contributed by atoms with E-state index in [-0.39, 0.29) is 11.4 Å². The van der Waals surface area contributed by atoms with Gasteiger partial charge >= 0.3 is 11.9 Å². The van der Waals surface area contributed by atoms with Gasteiger partial charge in [0.2, 0.25) is 0 Å². The Bertz CT molecular complexity index is 286. The molecule has 0 saturated heterocycles. The Morgan fingerprint density at radius 2 is 2.20 bits per heavy atom. The molecule has 5 nitrogen and oxygen atoms in total. The average Bonchev–Trinajstić information content (AvgIpc) is 2.39. The molecule has 0 fully saturated rings. The molecule has 1 aromatic heterocycles. The summed E-state index contributed by atoms with van der Waals surface area (Å²) in [6.07, 6.45) is 1.28.